The van der Waals surface area contributed by atoms with Crippen molar-refractivity contribution in [3.05, 3.63) is 75.8 Å². The molecule has 1 atom stereocenters. The van der Waals surface area contributed by atoms with Gasteiger partial charge in [-0.3, -0.25) is 4.79 Å². The molecule has 0 saturated heterocycles. The number of furan rings is 1. The SMILES string of the molecule is CCCCc1ccc([C@H]([NH2+]Cc2nc3c(oc4ccccc43)c(=O)[nH]2)C(C)C)cc1. The molecular formula is C25H30N3O2+. The van der Waals surface area contributed by atoms with Gasteiger partial charge in [0.1, 0.15) is 23.7 Å². The van der Waals surface area contributed by atoms with Crippen molar-refractivity contribution in [2.75, 3.05) is 0 Å². The van der Waals surface area contributed by atoms with Gasteiger partial charge in [-0.1, -0.05) is 63.6 Å². The van der Waals surface area contributed by atoms with E-state index in [0.717, 1.165) is 11.8 Å². The smallest absolute Gasteiger partial charge is 0.294 e. The Kier molecular flexibility index (Phi) is 6.00. The highest BCUT2D eigenvalue weighted by Gasteiger charge is 2.20. The lowest BCUT2D eigenvalue weighted by atomic mass is 9.94. The molecule has 0 fully saturated rings. The third kappa shape index (κ3) is 4.17. The van der Waals surface area contributed by atoms with Crippen molar-refractivity contribution in [1.82, 2.24) is 9.97 Å². The number of hydrogen-bond donors (Lipinski definition) is 2. The van der Waals surface area contributed by atoms with Gasteiger partial charge in [-0.2, -0.15) is 0 Å². The Hall–Kier alpha value is -2.92. The van der Waals surface area contributed by atoms with Crippen LogP contribution >= 0.6 is 0 Å². The Balaban J connectivity index is 1.56. The molecule has 0 radical (unpaired) electrons. The number of quaternary nitrogens is 1. The van der Waals surface area contributed by atoms with Gasteiger partial charge >= 0.3 is 0 Å². The summed E-state index contributed by atoms with van der Waals surface area (Å²) >= 11 is 0. The van der Waals surface area contributed by atoms with E-state index in [-0.39, 0.29) is 5.56 Å². The predicted octanol–water partition coefficient (Wildman–Crippen LogP) is 4.47. The number of para-hydroxylation sites is 1. The average Bonchev–Trinajstić information content (AvgIpc) is 3.12. The first kappa shape index (κ1) is 20.4. The summed E-state index contributed by atoms with van der Waals surface area (Å²) in [5.41, 5.74) is 4.10. The molecule has 0 amide bonds. The van der Waals surface area contributed by atoms with Crippen molar-refractivity contribution < 1.29 is 9.73 Å². The fourth-order valence-corrected chi connectivity index (χ4v) is 4.06. The quantitative estimate of drug-likeness (QED) is 0.455. The van der Waals surface area contributed by atoms with Gasteiger partial charge < -0.3 is 14.7 Å². The highest BCUT2D eigenvalue weighted by atomic mass is 16.3. The molecule has 2 heterocycles. The number of aromatic amines is 1. The summed E-state index contributed by atoms with van der Waals surface area (Å²) in [6, 6.07) is 16.9. The number of fused-ring (bicyclic) bond motifs is 3. The number of nitrogens with two attached hydrogens (primary N) is 1. The van der Waals surface area contributed by atoms with Crippen LogP contribution in [0.25, 0.3) is 22.1 Å². The molecule has 4 aromatic rings. The van der Waals surface area contributed by atoms with Crippen LogP contribution in [0.4, 0.5) is 0 Å². The summed E-state index contributed by atoms with van der Waals surface area (Å²) < 4.78 is 5.69. The summed E-state index contributed by atoms with van der Waals surface area (Å²) in [6.07, 6.45) is 3.57. The largest absolute Gasteiger partial charge is 0.449 e. The number of H-pyrrole nitrogens is 1. The van der Waals surface area contributed by atoms with Crippen LogP contribution in [0.2, 0.25) is 0 Å². The van der Waals surface area contributed by atoms with Gasteiger partial charge in [-0.05, 0) is 30.5 Å². The zero-order valence-corrected chi connectivity index (χ0v) is 17.9. The van der Waals surface area contributed by atoms with Crippen LogP contribution in [0.3, 0.4) is 0 Å². The second kappa shape index (κ2) is 8.84. The van der Waals surface area contributed by atoms with Gasteiger partial charge in [0.15, 0.2) is 5.82 Å². The van der Waals surface area contributed by atoms with E-state index in [0.29, 0.717) is 41.0 Å². The number of aryl methyl sites for hydroxylation is 1. The third-order valence-electron chi connectivity index (χ3n) is 5.75. The van der Waals surface area contributed by atoms with E-state index < -0.39 is 0 Å². The highest BCUT2D eigenvalue weighted by molar-refractivity contribution is 6.01. The maximum atomic E-state index is 12.5. The maximum absolute atomic E-state index is 12.5. The van der Waals surface area contributed by atoms with E-state index in [9.17, 15) is 4.79 Å². The fourth-order valence-electron chi connectivity index (χ4n) is 4.06. The molecule has 0 aliphatic heterocycles. The number of unbranched alkanes of at least 4 members (excludes halogenated alkanes) is 1. The second-order valence-corrected chi connectivity index (χ2v) is 8.34. The summed E-state index contributed by atoms with van der Waals surface area (Å²) in [5.74, 6) is 1.13. The van der Waals surface area contributed by atoms with Crippen molar-refractivity contribution in [3.63, 3.8) is 0 Å². The van der Waals surface area contributed by atoms with E-state index in [4.69, 9.17) is 9.40 Å². The average molecular weight is 405 g/mol. The van der Waals surface area contributed by atoms with Gasteiger partial charge in [-0.15, -0.1) is 0 Å². The molecule has 0 unspecified atom stereocenters. The molecule has 5 heteroatoms. The number of rotatable bonds is 8. The van der Waals surface area contributed by atoms with Crippen LogP contribution in [0.1, 0.15) is 56.6 Å². The van der Waals surface area contributed by atoms with E-state index in [2.05, 4.69) is 55.3 Å². The minimum absolute atomic E-state index is 0.221. The molecule has 5 nitrogen and oxygen atoms in total. The zero-order valence-electron chi connectivity index (χ0n) is 17.9. The Morgan fingerprint density at radius 2 is 1.87 bits per heavy atom. The normalized spacial score (nSPS) is 12.8. The topological polar surface area (TPSA) is 75.5 Å². The third-order valence-corrected chi connectivity index (χ3v) is 5.75. The molecule has 2 aromatic heterocycles. The van der Waals surface area contributed by atoms with Crippen molar-refractivity contribution in [1.29, 1.82) is 0 Å². The van der Waals surface area contributed by atoms with Crippen molar-refractivity contribution >= 4 is 22.1 Å². The van der Waals surface area contributed by atoms with Crippen molar-refractivity contribution in [2.24, 2.45) is 5.92 Å². The molecule has 4 rings (SSSR count). The van der Waals surface area contributed by atoms with E-state index >= 15 is 0 Å². The minimum Gasteiger partial charge on any atom is -0.449 e. The zero-order chi connectivity index (χ0) is 21.1. The Bertz CT molecular complexity index is 1190. The number of aromatic nitrogens is 2. The predicted molar refractivity (Wildman–Crippen MR) is 120 cm³/mol. The van der Waals surface area contributed by atoms with Gasteiger partial charge in [0.25, 0.3) is 5.56 Å². The fraction of sp³-hybridized carbons (Fsp3) is 0.360. The van der Waals surface area contributed by atoms with Crippen molar-refractivity contribution in [3.8, 4) is 0 Å². The second-order valence-electron chi connectivity index (χ2n) is 8.34. The molecule has 0 aliphatic carbocycles. The Labute approximate surface area is 176 Å². The van der Waals surface area contributed by atoms with Crippen LogP contribution in [0.15, 0.2) is 57.7 Å². The molecule has 0 aliphatic rings. The highest BCUT2D eigenvalue weighted by Crippen LogP contribution is 2.24. The number of hydrogen-bond acceptors (Lipinski definition) is 3. The summed E-state index contributed by atoms with van der Waals surface area (Å²) in [4.78, 5) is 20.2. The number of benzene rings is 2. The molecule has 0 spiro atoms. The number of nitrogens with zero attached hydrogens (tertiary/aromatic N) is 1. The van der Waals surface area contributed by atoms with Crippen LogP contribution < -0.4 is 10.9 Å². The summed E-state index contributed by atoms with van der Waals surface area (Å²) in [6.45, 7) is 7.29. The molecule has 0 bridgehead atoms. The molecule has 3 N–H and O–H groups in total. The van der Waals surface area contributed by atoms with Crippen LogP contribution in [-0.4, -0.2) is 9.97 Å². The maximum Gasteiger partial charge on any atom is 0.294 e. The molecule has 0 saturated carbocycles. The molecular weight excluding hydrogens is 374 g/mol. The first-order valence-corrected chi connectivity index (χ1v) is 10.9. The van der Waals surface area contributed by atoms with Crippen LogP contribution in [-0.2, 0) is 13.0 Å². The van der Waals surface area contributed by atoms with E-state index in [1.54, 1.807) is 0 Å². The minimum atomic E-state index is -0.221. The monoisotopic (exact) mass is 404 g/mol. The molecule has 30 heavy (non-hydrogen) atoms. The molecule has 156 valence electrons. The van der Waals surface area contributed by atoms with Crippen LogP contribution in [0.5, 0.6) is 0 Å². The Morgan fingerprint density at radius 1 is 1.10 bits per heavy atom. The first-order valence-electron chi connectivity index (χ1n) is 10.9. The summed E-state index contributed by atoms with van der Waals surface area (Å²) in [7, 11) is 0. The lowest BCUT2D eigenvalue weighted by Crippen LogP contribution is -2.85. The van der Waals surface area contributed by atoms with Gasteiger partial charge in [0.05, 0.1) is 0 Å². The lowest BCUT2D eigenvalue weighted by Gasteiger charge is -2.20. The Morgan fingerprint density at radius 3 is 2.60 bits per heavy atom. The van der Waals surface area contributed by atoms with Gasteiger partial charge in [0.2, 0.25) is 5.58 Å². The number of nitrogens with one attached hydrogen (secondary N) is 1. The van der Waals surface area contributed by atoms with E-state index in [1.165, 1.54) is 24.0 Å². The van der Waals surface area contributed by atoms with Gasteiger partial charge in [0, 0.05) is 16.9 Å². The van der Waals surface area contributed by atoms with Crippen molar-refractivity contribution in [2.45, 2.75) is 52.6 Å². The first-order chi connectivity index (χ1) is 14.6. The molecule has 2 aromatic carbocycles. The lowest BCUT2D eigenvalue weighted by molar-refractivity contribution is -0.718. The summed E-state index contributed by atoms with van der Waals surface area (Å²) in [5, 5.41) is 3.14. The standard InChI is InChI=1S/C25H29N3O2/c1-4-5-8-17-11-13-18(14-12-17)22(16(2)3)26-15-21-27-23-19-9-6-7-10-20(19)30-24(23)25(29)28-21/h6-7,9-14,16,22,26H,4-5,8,15H2,1-3H3,(H,27,28,29)/p+1/t22-/m1/s1. The van der Waals surface area contributed by atoms with Gasteiger partial charge in [-0.25, -0.2) is 4.98 Å². The van der Waals surface area contributed by atoms with Crippen LogP contribution in [0, 0.1) is 5.92 Å². The van der Waals surface area contributed by atoms with E-state index in [1.807, 2.05) is 24.3 Å².